The van der Waals surface area contributed by atoms with E-state index in [1.54, 1.807) is 18.2 Å². The van der Waals surface area contributed by atoms with Gasteiger partial charge in [-0.15, -0.1) is 0 Å². The second kappa shape index (κ2) is 6.88. The van der Waals surface area contributed by atoms with Crippen LogP contribution in [0, 0.1) is 11.8 Å². The minimum absolute atomic E-state index is 0.0332. The summed E-state index contributed by atoms with van der Waals surface area (Å²) in [5.74, 6) is -0.982. The van der Waals surface area contributed by atoms with Crippen molar-refractivity contribution >= 4 is 39.7 Å². The number of carbonyl (C=O) groups excluding carboxylic acids is 3. The summed E-state index contributed by atoms with van der Waals surface area (Å²) in [5.41, 5.74) is 1.49. The zero-order valence-corrected chi connectivity index (χ0v) is 15.7. The number of esters is 1. The minimum atomic E-state index is -0.481. The molecular formula is C23H19NO5. The first kappa shape index (κ1) is 17.7. The van der Waals surface area contributed by atoms with E-state index in [2.05, 4.69) is 0 Å². The van der Waals surface area contributed by atoms with Crippen LogP contribution in [-0.2, 0) is 14.4 Å². The maximum Gasteiger partial charge on any atom is 0.312 e. The lowest BCUT2D eigenvalue weighted by Crippen LogP contribution is -2.33. The minimum Gasteiger partial charge on any atom is -0.456 e. The quantitative estimate of drug-likeness (QED) is 0.293. The second-order valence-corrected chi connectivity index (χ2v) is 7.46. The van der Waals surface area contributed by atoms with Gasteiger partial charge < -0.3 is 9.15 Å². The summed E-state index contributed by atoms with van der Waals surface area (Å²) in [7, 11) is 0. The molecule has 0 radical (unpaired) electrons. The average Bonchev–Trinajstić information content (AvgIpc) is 3.22. The van der Waals surface area contributed by atoms with Gasteiger partial charge in [0.1, 0.15) is 16.9 Å². The fourth-order valence-corrected chi connectivity index (χ4v) is 4.24. The number of para-hydroxylation sites is 1. The van der Waals surface area contributed by atoms with Crippen LogP contribution < -0.4 is 4.74 Å². The molecule has 5 rings (SSSR count). The van der Waals surface area contributed by atoms with Gasteiger partial charge in [-0.05, 0) is 37.1 Å². The molecule has 0 bridgehead atoms. The predicted octanol–water partition coefficient (Wildman–Crippen LogP) is 3.83. The molecule has 2 heterocycles. The Hall–Kier alpha value is -3.41. The Bertz CT molecular complexity index is 1150. The average molecular weight is 389 g/mol. The topological polar surface area (TPSA) is 76.8 Å². The van der Waals surface area contributed by atoms with Gasteiger partial charge in [0, 0.05) is 17.3 Å². The normalized spacial score (nSPS) is 21.2. The number of furan rings is 1. The van der Waals surface area contributed by atoms with Crippen molar-refractivity contribution in [2.24, 2.45) is 11.8 Å². The van der Waals surface area contributed by atoms with Crippen molar-refractivity contribution in [3.05, 3.63) is 54.6 Å². The third kappa shape index (κ3) is 3.01. The number of hydrogen-bond acceptors (Lipinski definition) is 5. The second-order valence-electron chi connectivity index (χ2n) is 7.46. The first-order chi connectivity index (χ1) is 14.1. The summed E-state index contributed by atoms with van der Waals surface area (Å²) in [6, 6.07) is 12.9. The molecule has 1 aliphatic heterocycles. The summed E-state index contributed by atoms with van der Waals surface area (Å²) in [4.78, 5) is 38.5. The lowest BCUT2D eigenvalue weighted by atomic mass is 9.85. The fraction of sp³-hybridized carbons (Fsp3) is 0.261. The van der Waals surface area contributed by atoms with E-state index in [4.69, 9.17) is 9.15 Å². The molecule has 2 aliphatic rings. The van der Waals surface area contributed by atoms with E-state index in [9.17, 15) is 14.4 Å². The van der Waals surface area contributed by atoms with Gasteiger partial charge in [0.15, 0.2) is 0 Å². The maximum absolute atomic E-state index is 12.5. The summed E-state index contributed by atoms with van der Waals surface area (Å²) in [6.07, 6.45) is 5.04. The van der Waals surface area contributed by atoms with Gasteiger partial charge in [-0.1, -0.05) is 30.4 Å². The highest BCUT2D eigenvalue weighted by Crippen LogP contribution is 2.35. The van der Waals surface area contributed by atoms with Crippen LogP contribution in [0.25, 0.3) is 21.9 Å². The van der Waals surface area contributed by atoms with Crippen LogP contribution in [0.2, 0.25) is 0 Å². The number of likely N-dealkylation sites (tertiary alicyclic amines) is 1. The van der Waals surface area contributed by atoms with E-state index in [0.29, 0.717) is 18.6 Å². The Morgan fingerprint density at radius 1 is 0.966 bits per heavy atom. The first-order valence-corrected chi connectivity index (χ1v) is 9.74. The van der Waals surface area contributed by atoms with Crippen LogP contribution in [0.1, 0.15) is 19.3 Å². The van der Waals surface area contributed by atoms with E-state index < -0.39 is 5.97 Å². The van der Waals surface area contributed by atoms with Gasteiger partial charge in [0.25, 0.3) is 0 Å². The number of hydrogen-bond donors (Lipinski definition) is 0. The molecule has 0 unspecified atom stereocenters. The standard InChI is InChI=1S/C23H19NO5/c25-21(11-12-24-22(26)16-6-1-2-7-17(16)23(24)27)28-14-9-10-20-18(13-14)15-5-3-4-8-19(15)29-20/h1-5,8-10,13,16-17H,6-7,11-12H2/t16-,17-/m0/s1. The van der Waals surface area contributed by atoms with Crippen LogP contribution >= 0.6 is 0 Å². The van der Waals surface area contributed by atoms with E-state index in [1.165, 1.54) is 4.90 Å². The molecule has 0 spiro atoms. The van der Waals surface area contributed by atoms with Crippen molar-refractivity contribution in [1.82, 2.24) is 4.90 Å². The number of ether oxygens (including phenoxy) is 1. The smallest absolute Gasteiger partial charge is 0.312 e. The van der Waals surface area contributed by atoms with Crippen molar-refractivity contribution in [3.8, 4) is 5.75 Å². The van der Waals surface area contributed by atoms with Gasteiger partial charge in [-0.25, -0.2) is 0 Å². The number of carbonyl (C=O) groups is 3. The summed E-state index contributed by atoms with van der Waals surface area (Å²) >= 11 is 0. The van der Waals surface area contributed by atoms with E-state index >= 15 is 0 Å². The fourth-order valence-electron chi connectivity index (χ4n) is 4.24. The number of nitrogens with zero attached hydrogens (tertiary/aromatic N) is 1. The van der Waals surface area contributed by atoms with Crippen LogP contribution in [-0.4, -0.2) is 29.2 Å². The molecule has 6 heteroatoms. The van der Waals surface area contributed by atoms with E-state index in [0.717, 1.165) is 21.9 Å². The number of rotatable bonds is 4. The molecule has 29 heavy (non-hydrogen) atoms. The summed E-state index contributed by atoms with van der Waals surface area (Å²) in [5, 5.41) is 1.82. The van der Waals surface area contributed by atoms with Gasteiger partial charge in [-0.2, -0.15) is 0 Å². The Morgan fingerprint density at radius 2 is 1.66 bits per heavy atom. The molecule has 2 amide bonds. The van der Waals surface area contributed by atoms with Crippen molar-refractivity contribution in [2.45, 2.75) is 19.3 Å². The zero-order chi connectivity index (χ0) is 20.0. The molecule has 1 aliphatic carbocycles. The van der Waals surface area contributed by atoms with E-state index in [1.807, 2.05) is 36.4 Å². The van der Waals surface area contributed by atoms with Crippen molar-refractivity contribution in [1.29, 1.82) is 0 Å². The van der Waals surface area contributed by atoms with Crippen LogP contribution in [0.4, 0.5) is 0 Å². The number of benzene rings is 2. The molecule has 0 saturated carbocycles. The molecule has 3 aromatic rings. The third-order valence-electron chi connectivity index (χ3n) is 5.72. The first-order valence-electron chi connectivity index (χ1n) is 9.74. The Kier molecular flexibility index (Phi) is 4.19. The molecule has 1 saturated heterocycles. The van der Waals surface area contributed by atoms with Gasteiger partial charge in [0.2, 0.25) is 11.8 Å². The lowest BCUT2D eigenvalue weighted by Gasteiger charge is -2.14. The highest BCUT2D eigenvalue weighted by Gasteiger charge is 2.46. The lowest BCUT2D eigenvalue weighted by molar-refractivity contribution is -0.141. The van der Waals surface area contributed by atoms with E-state index in [-0.39, 0.29) is 36.6 Å². The highest BCUT2D eigenvalue weighted by atomic mass is 16.5. The zero-order valence-electron chi connectivity index (χ0n) is 15.7. The van der Waals surface area contributed by atoms with Crippen LogP contribution in [0.3, 0.4) is 0 Å². The number of allylic oxidation sites excluding steroid dienone is 2. The molecule has 1 fully saturated rings. The monoisotopic (exact) mass is 389 g/mol. The molecular weight excluding hydrogens is 370 g/mol. The van der Waals surface area contributed by atoms with Gasteiger partial charge >= 0.3 is 5.97 Å². The highest BCUT2D eigenvalue weighted by molar-refractivity contribution is 6.06. The van der Waals surface area contributed by atoms with Crippen molar-refractivity contribution < 1.29 is 23.5 Å². The Balaban J connectivity index is 1.27. The molecule has 6 nitrogen and oxygen atoms in total. The molecule has 146 valence electrons. The summed E-state index contributed by atoms with van der Waals surface area (Å²) < 4.78 is 11.2. The van der Waals surface area contributed by atoms with Crippen molar-refractivity contribution in [3.63, 3.8) is 0 Å². The third-order valence-corrected chi connectivity index (χ3v) is 5.72. The summed E-state index contributed by atoms with van der Waals surface area (Å²) in [6.45, 7) is 0.0559. The number of fused-ring (bicyclic) bond motifs is 4. The van der Waals surface area contributed by atoms with Crippen LogP contribution in [0.5, 0.6) is 5.75 Å². The largest absolute Gasteiger partial charge is 0.456 e. The van der Waals surface area contributed by atoms with Gasteiger partial charge in [0.05, 0.1) is 18.3 Å². The Labute approximate surface area is 166 Å². The van der Waals surface area contributed by atoms with Gasteiger partial charge in [-0.3, -0.25) is 19.3 Å². The molecule has 2 atom stereocenters. The molecule has 2 aromatic carbocycles. The number of amides is 2. The molecule has 0 N–H and O–H groups in total. The number of imide groups is 1. The predicted molar refractivity (Wildman–Crippen MR) is 106 cm³/mol. The maximum atomic E-state index is 12.5. The van der Waals surface area contributed by atoms with Crippen LogP contribution in [0.15, 0.2) is 59.0 Å². The SMILES string of the molecule is O=C(CCN1C(=O)[C@H]2CC=CC[C@@H]2C1=O)Oc1ccc2oc3ccccc3c2c1. The molecule has 1 aromatic heterocycles. The Morgan fingerprint density at radius 3 is 2.41 bits per heavy atom. The van der Waals surface area contributed by atoms with Crippen molar-refractivity contribution in [2.75, 3.05) is 6.54 Å².